The fourth-order valence-corrected chi connectivity index (χ4v) is 7.85. The van der Waals surface area contributed by atoms with Gasteiger partial charge in [0.25, 0.3) is 0 Å². The summed E-state index contributed by atoms with van der Waals surface area (Å²) >= 11 is 0. The maximum atomic E-state index is 13.5. The number of fused-ring (bicyclic) bond motifs is 1. The van der Waals surface area contributed by atoms with E-state index in [1.807, 2.05) is 20.8 Å². The minimum atomic E-state index is -1.80. The van der Waals surface area contributed by atoms with Crippen molar-refractivity contribution in [1.82, 2.24) is 0 Å². The topological polar surface area (TPSA) is 193 Å². The predicted octanol–water partition coefficient (Wildman–Crippen LogP) is 3.38. The Morgan fingerprint density at radius 3 is 2.05 bits per heavy atom. The second-order valence-corrected chi connectivity index (χ2v) is 15.8. The number of esters is 3. The van der Waals surface area contributed by atoms with E-state index in [4.69, 9.17) is 52.1 Å². The molecular formula is C41H64O16. The van der Waals surface area contributed by atoms with Gasteiger partial charge in [-0.2, -0.15) is 0 Å². The van der Waals surface area contributed by atoms with Gasteiger partial charge in [-0.15, -0.1) is 0 Å². The van der Waals surface area contributed by atoms with Gasteiger partial charge < -0.3 is 57.2 Å². The van der Waals surface area contributed by atoms with E-state index in [2.05, 4.69) is 0 Å². The molecule has 324 valence electrons. The average Bonchev–Trinajstić information content (AvgIpc) is 3.94. The van der Waals surface area contributed by atoms with Crippen molar-refractivity contribution < 1.29 is 76.4 Å². The Kier molecular flexibility index (Phi) is 17.2. The van der Waals surface area contributed by atoms with Crippen LogP contribution in [0.25, 0.3) is 0 Å². The van der Waals surface area contributed by atoms with E-state index in [1.54, 1.807) is 39.8 Å². The quantitative estimate of drug-likeness (QED) is 0.171. The fourth-order valence-electron chi connectivity index (χ4n) is 7.85. The summed E-state index contributed by atoms with van der Waals surface area (Å²) in [5.74, 6) is -3.50. The number of rotatable bonds is 12. The molecule has 1 N–H and O–H groups in total. The highest BCUT2D eigenvalue weighted by Gasteiger charge is 2.51. The normalized spacial score (nSPS) is 42.9. The van der Waals surface area contributed by atoms with Crippen LogP contribution in [0.3, 0.4) is 0 Å². The minimum Gasteiger partial charge on any atom is -0.459 e. The lowest BCUT2D eigenvalue weighted by Gasteiger charge is -2.44. The first-order valence-corrected chi connectivity index (χ1v) is 20.0. The fraction of sp³-hybridized carbons (Fsp3) is 0.805. The van der Waals surface area contributed by atoms with Crippen LogP contribution in [-0.2, 0) is 71.3 Å². The molecule has 0 spiro atoms. The monoisotopic (exact) mass is 812 g/mol. The summed E-state index contributed by atoms with van der Waals surface area (Å²) in [7, 11) is 4.49. The Bertz CT molecular complexity index is 1410. The molecular weight excluding hydrogens is 748 g/mol. The lowest BCUT2D eigenvalue weighted by atomic mass is 9.82. The highest BCUT2D eigenvalue weighted by molar-refractivity contribution is 5.96. The Morgan fingerprint density at radius 1 is 0.789 bits per heavy atom. The first-order valence-electron chi connectivity index (χ1n) is 20.0. The predicted molar refractivity (Wildman–Crippen MR) is 201 cm³/mol. The summed E-state index contributed by atoms with van der Waals surface area (Å²) in [6, 6.07) is 0. The first kappa shape index (κ1) is 46.9. The molecule has 8 unspecified atom stereocenters. The number of cyclic esters (lactones) is 1. The van der Waals surface area contributed by atoms with Crippen LogP contribution in [0.15, 0.2) is 24.3 Å². The molecule has 57 heavy (non-hydrogen) atoms. The number of aliphatic hydroxyl groups is 1. The third-order valence-electron chi connectivity index (χ3n) is 11.2. The zero-order chi connectivity index (χ0) is 42.2. The Balaban J connectivity index is 1.57. The largest absolute Gasteiger partial charge is 0.459 e. The minimum absolute atomic E-state index is 0.0112. The number of epoxide rings is 1. The molecule has 17 atom stereocenters. The van der Waals surface area contributed by atoms with Crippen LogP contribution in [-0.4, -0.2) is 142 Å². The Labute approximate surface area is 336 Å². The van der Waals surface area contributed by atoms with Crippen LogP contribution >= 0.6 is 0 Å². The maximum Gasteiger partial charge on any atom is 0.330 e. The third kappa shape index (κ3) is 12.1. The van der Waals surface area contributed by atoms with Crippen LogP contribution in [0.4, 0.5) is 0 Å². The number of carbonyl (C=O) groups is 4. The molecule has 4 heterocycles. The number of ketones is 1. The summed E-state index contributed by atoms with van der Waals surface area (Å²) in [5, 5.41) is 11.5. The van der Waals surface area contributed by atoms with Gasteiger partial charge in [0.15, 0.2) is 30.6 Å². The summed E-state index contributed by atoms with van der Waals surface area (Å²) in [6.07, 6.45) is -2.39. The molecule has 4 aliphatic rings. The number of ether oxygens (including phenoxy) is 11. The molecule has 3 fully saturated rings. The maximum absolute atomic E-state index is 13.5. The Morgan fingerprint density at radius 2 is 1.44 bits per heavy atom. The van der Waals surface area contributed by atoms with Crippen molar-refractivity contribution in [2.75, 3.05) is 27.9 Å². The van der Waals surface area contributed by atoms with Crippen molar-refractivity contribution >= 4 is 23.7 Å². The van der Waals surface area contributed by atoms with Gasteiger partial charge in [0, 0.05) is 58.5 Å². The van der Waals surface area contributed by atoms with Gasteiger partial charge in [-0.3, -0.25) is 14.4 Å². The molecule has 0 aromatic heterocycles. The van der Waals surface area contributed by atoms with E-state index in [1.165, 1.54) is 40.4 Å². The highest BCUT2D eigenvalue weighted by atomic mass is 16.7. The van der Waals surface area contributed by atoms with Crippen LogP contribution < -0.4 is 0 Å². The zero-order valence-electron chi connectivity index (χ0n) is 35.2. The van der Waals surface area contributed by atoms with Gasteiger partial charge >= 0.3 is 17.9 Å². The average molecular weight is 813 g/mol. The molecule has 0 aromatic carbocycles. The molecule has 0 saturated carbocycles. The standard InChI is InChI=1S/C41H64O16/c1-12-30(43)55-34-25(7)53-39(38(49-11)37(34)48-10)50-20-26-24(6)52-32(45)17-14-21(3)33(22(4)19-41(8,46)29(42)16-15-27-35(26)54-27)57-40-36(56-31(44)13-2)28(47-9)18-23(5)51-40/h14-17,21-28,33-40,46H,12-13,18-20H2,1-11H3/b16-15+,17-14+/t21?,22?,23-,24?,25+,26?,27?,28+,33?,34+,35?,36-,37+,38+,39+,40+,41?/m0/s1. The lowest BCUT2D eigenvalue weighted by Crippen LogP contribution is -2.60. The molecule has 0 bridgehead atoms. The highest BCUT2D eigenvalue weighted by Crippen LogP contribution is 2.37. The van der Waals surface area contributed by atoms with Gasteiger partial charge in [-0.05, 0) is 52.2 Å². The van der Waals surface area contributed by atoms with Crippen molar-refractivity contribution in [3.8, 4) is 0 Å². The molecule has 0 aliphatic carbocycles. The van der Waals surface area contributed by atoms with E-state index in [0.29, 0.717) is 6.42 Å². The molecule has 0 aromatic rings. The lowest BCUT2D eigenvalue weighted by molar-refractivity contribution is -0.307. The van der Waals surface area contributed by atoms with Crippen LogP contribution in [0.1, 0.15) is 81.1 Å². The van der Waals surface area contributed by atoms with Crippen LogP contribution in [0.5, 0.6) is 0 Å². The molecule has 16 nitrogen and oxygen atoms in total. The molecule has 0 radical (unpaired) electrons. The number of hydrogen-bond acceptors (Lipinski definition) is 16. The molecule has 16 heteroatoms. The molecule has 4 rings (SSSR count). The second-order valence-electron chi connectivity index (χ2n) is 15.8. The number of carbonyl (C=O) groups excluding carboxylic acids is 4. The number of hydrogen-bond donors (Lipinski definition) is 1. The smallest absolute Gasteiger partial charge is 0.330 e. The van der Waals surface area contributed by atoms with Gasteiger partial charge in [0.2, 0.25) is 0 Å². The first-order chi connectivity index (χ1) is 27.0. The van der Waals surface area contributed by atoms with E-state index in [0.717, 1.165) is 0 Å². The van der Waals surface area contributed by atoms with Gasteiger partial charge in [-0.1, -0.05) is 33.8 Å². The summed E-state index contributed by atoms with van der Waals surface area (Å²) < 4.78 is 65.6. The van der Waals surface area contributed by atoms with E-state index < -0.39 is 121 Å². The van der Waals surface area contributed by atoms with E-state index in [-0.39, 0.29) is 32.0 Å². The van der Waals surface area contributed by atoms with Crippen molar-refractivity contribution in [3.05, 3.63) is 24.3 Å². The molecule has 0 amide bonds. The van der Waals surface area contributed by atoms with Crippen molar-refractivity contribution in [2.45, 2.75) is 166 Å². The summed E-state index contributed by atoms with van der Waals surface area (Å²) in [5.41, 5.74) is -1.80. The van der Waals surface area contributed by atoms with Crippen LogP contribution in [0, 0.1) is 17.8 Å². The zero-order valence-corrected chi connectivity index (χ0v) is 35.2. The van der Waals surface area contributed by atoms with Crippen molar-refractivity contribution in [2.24, 2.45) is 17.8 Å². The Hall–Kier alpha value is -2.80. The van der Waals surface area contributed by atoms with Gasteiger partial charge in [0.05, 0.1) is 31.0 Å². The van der Waals surface area contributed by atoms with Crippen molar-refractivity contribution in [1.29, 1.82) is 0 Å². The van der Waals surface area contributed by atoms with E-state index >= 15 is 0 Å². The van der Waals surface area contributed by atoms with Crippen molar-refractivity contribution in [3.63, 3.8) is 0 Å². The molecule has 4 aliphatic heterocycles. The van der Waals surface area contributed by atoms with Gasteiger partial charge in [-0.25, -0.2) is 4.79 Å². The van der Waals surface area contributed by atoms with Gasteiger partial charge in [0.1, 0.15) is 36.1 Å². The SMILES string of the molecule is CCC(=O)O[C@@H]1[C@@H](OC2C(C)/C=C/C(=O)OC(C)C(CO[C@@H]3O[C@H](C)[C@@H](OC(=O)CC)[C@@H](OC)[C@H]3OC)C3OC3/C=C/C(=O)C(C)(O)CC2C)O[C@@H](C)C[C@H]1OC. The van der Waals surface area contributed by atoms with Crippen LogP contribution in [0.2, 0.25) is 0 Å². The third-order valence-corrected chi connectivity index (χ3v) is 11.2. The number of methoxy groups -OCH3 is 3. The summed E-state index contributed by atoms with van der Waals surface area (Å²) in [4.78, 5) is 51.6. The summed E-state index contributed by atoms with van der Waals surface area (Å²) in [6.45, 7) is 13.8. The molecule has 3 saturated heterocycles. The second kappa shape index (κ2) is 20.9. The van der Waals surface area contributed by atoms with E-state index in [9.17, 15) is 24.3 Å².